The summed E-state index contributed by atoms with van der Waals surface area (Å²) in [4.78, 5) is 23.0. The summed E-state index contributed by atoms with van der Waals surface area (Å²) in [5.74, 6) is -0.779. The summed E-state index contributed by atoms with van der Waals surface area (Å²) >= 11 is 0. The number of ether oxygens (including phenoxy) is 1. The minimum atomic E-state index is -3.76. The molecule has 0 radical (unpaired) electrons. The van der Waals surface area contributed by atoms with Crippen molar-refractivity contribution in [2.45, 2.75) is 41.5 Å². The molecule has 0 heterocycles. The van der Waals surface area contributed by atoms with Crippen LogP contribution in [0.15, 0.2) is 11.0 Å². The zero-order valence-corrected chi connectivity index (χ0v) is 15.0. The van der Waals surface area contributed by atoms with Crippen LogP contribution in [0.4, 0.5) is 0 Å². The molecule has 0 aromatic rings. The fourth-order valence-corrected chi connectivity index (χ4v) is 4.18. The van der Waals surface area contributed by atoms with Crippen LogP contribution in [0.5, 0.6) is 0 Å². The highest BCUT2D eigenvalue weighted by Crippen LogP contribution is 2.62. The van der Waals surface area contributed by atoms with Gasteiger partial charge in [0.15, 0.2) is 0 Å². The Labute approximate surface area is 131 Å². The average Bonchev–Trinajstić information content (AvgIpc) is 2.37. The smallest absolute Gasteiger partial charge is 0.360 e. The Balaban J connectivity index is 6.34. The van der Waals surface area contributed by atoms with Crippen molar-refractivity contribution < 1.29 is 27.9 Å². The van der Waals surface area contributed by atoms with E-state index in [-0.39, 0.29) is 30.8 Å². The van der Waals surface area contributed by atoms with Crippen LogP contribution in [0, 0.1) is 5.41 Å². The Morgan fingerprint density at radius 2 is 1.59 bits per heavy atom. The van der Waals surface area contributed by atoms with Crippen molar-refractivity contribution in [3.05, 3.63) is 11.0 Å². The molecule has 0 spiro atoms. The van der Waals surface area contributed by atoms with E-state index in [1.54, 1.807) is 41.5 Å². The molecule has 0 fully saturated rings. The molecule has 1 N–H and O–H groups in total. The zero-order chi connectivity index (χ0) is 17.4. The Bertz CT molecular complexity index is 456. The van der Waals surface area contributed by atoms with Gasteiger partial charge in [0.2, 0.25) is 6.41 Å². The van der Waals surface area contributed by atoms with E-state index < -0.39 is 19.0 Å². The molecule has 128 valence electrons. The molecule has 7 nitrogen and oxygen atoms in total. The maximum atomic E-state index is 13.1. The van der Waals surface area contributed by atoms with Gasteiger partial charge in [-0.2, -0.15) is 0 Å². The molecule has 0 aliphatic heterocycles. The first-order valence-electron chi connectivity index (χ1n) is 7.19. The van der Waals surface area contributed by atoms with Crippen LogP contribution >= 0.6 is 7.60 Å². The van der Waals surface area contributed by atoms with Crippen LogP contribution in [0.25, 0.3) is 0 Å². The lowest BCUT2D eigenvalue weighted by molar-refractivity contribution is -0.139. The van der Waals surface area contributed by atoms with Crippen molar-refractivity contribution in [2.24, 2.45) is 5.41 Å². The Kier molecular flexibility index (Phi) is 8.60. The van der Waals surface area contributed by atoms with Crippen molar-refractivity contribution in [3.8, 4) is 0 Å². The van der Waals surface area contributed by atoms with Crippen molar-refractivity contribution in [1.82, 2.24) is 5.32 Å². The summed E-state index contributed by atoms with van der Waals surface area (Å²) in [6.45, 7) is 10.6. The summed E-state index contributed by atoms with van der Waals surface area (Å²) in [5.41, 5.74) is -0.951. The standard InChI is InChI=1S/C14H26NO6P/c1-7-19-13(17)11(15-10-16)12(14(4,5)6)22(18,20-8-2)21-9-3/h10H,7-9H2,1-6H3,(H,15,16)/b12-11-. The maximum Gasteiger partial charge on any atom is 0.360 e. The molecule has 0 aromatic carbocycles. The Morgan fingerprint density at radius 3 is 1.91 bits per heavy atom. The number of hydrogen-bond donors (Lipinski definition) is 1. The number of carbonyl (C=O) groups is 2. The Morgan fingerprint density at radius 1 is 1.09 bits per heavy atom. The van der Waals surface area contributed by atoms with Crippen LogP contribution in [0.2, 0.25) is 0 Å². The van der Waals surface area contributed by atoms with E-state index in [1.807, 2.05) is 0 Å². The average molecular weight is 335 g/mol. The SMILES string of the molecule is CCOC(=O)/C(NC=O)=C(\C(C)(C)C)P(=O)(OCC)OCC. The van der Waals surface area contributed by atoms with Gasteiger partial charge >= 0.3 is 13.6 Å². The molecular weight excluding hydrogens is 309 g/mol. The van der Waals surface area contributed by atoms with Gasteiger partial charge in [-0.1, -0.05) is 20.8 Å². The van der Waals surface area contributed by atoms with Gasteiger partial charge in [0.1, 0.15) is 5.70 Å². The molecule has 1 amide bonds. The number of allylic oxidation sites excluding steroid dienone is 1. The zero-order valence-electron chi connectivity index (χ0n) is 14.1. The normalized spacial score (nSPS) is 13.4. The summed E-state index contributed by atoms with van der Waals surface area (Å²) in [6, 6.07) is 0. The largest absolute Gasteiger partial charge is 0.461 e. The number of rotatable bonds is 9. The second kappa shape index (κ2) is 9.08. The second-order valence-corrected chi connectivity index (χ2v) is 7.25. The summed E-state index contributed by atoms with van der Waals surface area (Å²) in [7, 11) is -3.76. The maximum absolute atomic E-state index is 13.1. The molecule has 0 bridgehead atoms. The van der Waals surface area contributed by atoms with Crippen LogP contribution in [-0.2, 0) is 27.9 Å². The summed E-state index contributed by atoms with van der Waals surface area (Å²) in [5, 5.41) is 2.38. The van der Waals surface area contributed by atoms with Crippen molar-refractivity contribution in [2.75, 3.05) is 19.8 Å². The molecule has 0 unspecified atom stereocenters. The number of hydrogen-bond acceptors (Lipinski definition) is 6. The lowest BCUT2D eigenvalue weighted by Crippen LogP contribution is -2.28. The van der Waals surface area contributed by atoms with Crippen molar-refractivity contribution in [1.29, 1.82) is 0 Å². The number of nitrogens with one attached hydrogen (secondary N) is 1. The van der Waals surface area contributed by atoms with Gasteiger partial charge < -0.3 is 19.1 Å². The van der Waals surface area contributed by atoms with E-state index in [9.17, 15) is 14.2 Å². The van der Waals surface area contributed by atoms with Gasteiger partial charge in [0.05, 0.1) is 25.1 Å². The highest BCUT2D eigenvalue weighted by molar-refractivity contribution is 7.58. The monoisotopic (exact) mass is 335 g/mol. The van der Waals surface area contributed by atoms with Crippen molar-refractivity contribution >= 4 is 20.0 Å². The Hall–Kier alpha value is -1.17. The molecule has 0 aromatic heterocycles. The molecule has 0 aliphatic rings. The number of esters is 1. The third-order valence-corrected chi connectivity index (χ3v) is 5.14. The molecule has 0 rings (SSSR count). The van der Waals surface area contributed by atoms with E-state index in [0.717, 1.165) is 0 Å². The first-order valence-corrected chi connectivity index (χ1v) is 8.73. The van der Waals surface area contributed by atoms with Gasteiger partial charge in [0, 0.05) is 0 Å². The van der Waals surface area contributed by atoms with Gasteiger partial charge in [0.25, 0.3) is 0 Å². The molecule has 0 atom stereocenters. The predicted octanol–water partition coefficient (Wildman–Crippen LogP) is 2.82. The van der Waals surface area contributed by atoms with E-state index in [4.69, 9.17) is 13.8 Å². The summed E-state index contributed by atoms with van der Waals surface area (Å²) in [6.07, 6.45) is 0.334. The van der Waals surface area contributed by atoms with Gasteiger partial charge in [-0.3, -0.25) is 9.36 Å². The fraction of sp³-hybridized carbons (Fsp3) is 0.714. The first kappa shape index (κ1) is 20.8. The lowest BCUT2D eigenvalue weighted by atomic mass is 9.94. The minimum Gasteiger partial charge on any atom is -0.461 e. The first-order chi connectivity index (χ1) is 10.2. The van der Waals surface area contributed by atoms with Crippen molar-refractivity contribution in [3.63, 3.8) is 0 Å². The second-order valence-electron chi connectivity index (χ2n) is 5.29. The highest BCUT2D eigenvalue weighted by Gasteiger charge is 2.42. The van der Waals surface area contributed by atoms with Crippen LogP contribution in [0.3, 0.4) is 0 Å². The predicted molar refractivity (Wildman–Crippen MR) is 83.2 cm³/mol. The van der Waals surface area contributed by atoms with Gasteiger partial charge in [-0.05, 0) is 26.2 Å². The minimum absolute atomic E-state index is 0.0919. The lowest BCUT2D eigenvalue weighted by Gasteiger charge is -2.30. The molecule has 0 saturated carbocycles. The highest BCUT2D eigenvalue weighted by atomic mass is 31.2. The molecule has 8 heteroatoms. The number of amides is 1. The third-order valence-electron chi connectivity index (χ3n) is 2.50. The third kappa shape index (κ3) is 5.55. The van der Waals surface area contributed by atoms with E-state index >= 15 is 0 Å². The molecule has 0 aliphatic carbocycles. The molecule has 0 saturated heterocycles. The molecule has 22 heavy (non-hydrogen) atoms. The van der Waals surface area contributed by atoms with Gasteiger partial charge in [-0.25, -0.2) is 4.79 Å². The summed E-state index contributed by atoms with van der Waals surface area (Å²) < 4.78 is 28.7. The van der Waals surface area contributed by atoms with Crippen LogP contribution < -0.4 is 5.32 Å². The van der Waals surface area contributed by atoms with Gasteiger partial charge in [-0.15, -0.1) is 0 Å². The van der Waals surface area contributed by atoms with E-state index in [0.29, 0.717) is 6.41 Å². The van der Waals surface area contributed by atoms with Crippen LogP contribution in [-0.4, -0.2) is 32.2 Å². The van der Waals surface area contributed by atoms with Crippen LogP contribution in [0.1, 0.15) is 41.5 Å². The fourth-order valence-electron chi connectivity index (χ4n) is 1.92. The molecular formula is C14H26NO6P. The van der Waals surface area contributed by atoms with E-state index in [1.165, 1.54) is 0 Å². The quantitative estimate of drug-likeness (QED) is 0.301. The topological polar surface area (TPSA) is 90.9 Å². The number of carbonyl (C=O) groups excluding carboxylic acids is 2. The van der Waals surface area contributed by atoms with E-state index in [2.05, 4.69) is 5.32 Å².